The number of hydrogen-bond acceptors (Lipinski definition) is 2. The predicted molar refractivity (Wildman–Crippen MR) is 72.0 cm³/mol. The van der Waals surface area contributed by atoms with Crippen LogP contribution >= 0.6 is 0 Å². The van der Waals surface area contributed by atoms with Crippen molar-refractivity contribution in [3.8, 4) is 0 Å². The Morgan fingerprint density at radius 2 is 1.80 bits per heavy atom. The zero-order chi connectivity index (χ0) is 15.3. The lowest BCUT2D eigenvalue weighted by Crippen LogP contribution is -2.34. The average Bonchev–Trinajstić information content (AvgIpc) is 2.32. The lowest BCUT2D eigenvalue weighted by Gasteiger charge is -2.12. The first-order valence-electron chi connectivity index (χ1n) is 5.78. The van der Waals surface area contributed by atoms with Crippen molar-refractivity contribution in [1.29, 1.82) is 0 Å². The Morgan fingerprint density at radius 1 is 1.25 bits per heavy atom. The molecule has 0 aliphatic carbocycles. The molecule has 0 radical (unpaired) electrons. The average molecular weight is 308 g/mol. The normalized spacial score (nSPS) is 12.8. The number of hydrogen-bond donors (Lipinski definition) is 2. The van der Waals surface area contributed by atoms with Crippen LogP contribution in [0, 0.1) is 13.8 Å². The number of nitrogens with one attached hydrogen (secondary N) is 2. The standard InChI is InChI=1S/C12H15F3N2O2S/c1-8-4-3-5-9(2)10(8)17-11(18)16-6-7-20(19)12(13,14)15/h3-5H,6-7H2,1-2H3,(H2,16,17,18). The van der Waals surface area contributed by atoms with Gasteiger partial charge in [-0.15, -0.1) is 0 Å². The first kappa shape index (κ1) is 16.5. The van der Waals surface area contributed by atoms with Gasteiger partial charge in [0.25, 0.3) is 0 Å². The number of carbonyl (C=O) groups is 1. The molecule has 0 saturated carbocycles. The highest BCUT2D eigenvalue weighted by molar-refractivity contribution is 7.85. The molecule has 1 unspecified atom stereocenters. The molecule has 0 aliphatic heterocycles. The Balaban J connectivity index is 2.47. The summed E-state index contributed by atoms with van der Waals surface area (Å²) >= 11 is 0. The van der Waals surface area contributed by atoms with Crippen molar-refractivity contribution in [2.24, 2.45) is 0 Å². The summed E-state index contributed by atoms with van der Waals surface area (Å²) in [6.45, 7) is 3.30. The quantitative estimate of drug-likeness (QED) is 0.898. The van der Waals surface area contributed by atoms with Crippen molar-refractivity contribution in [3.05, 3.63) is 29.3 Å². The highest BCUT2D eigenvalue weighted by Crippen LogP contribution is 2.20. The smallest absolute Gasteiger partial charge is 0.337 e. The van der Waals surface area contributed by atoms with Crippen molar-refractivity contribution in [2.75, 3.05) is 17.6 Å². The molecule has 1 atom stereocenters. The molecule has 1 rings (SSSR count). The highest BCUT2D eigenvalue weighted by Gasteiger charge is 2.36. The van der Waals surface area contributed by atoms with E-state index in [1.165, 1.54) is 0 Å². The molecule has 20 heavy (non-hydrogen) atoms. The molecule has 0 heterocycles. The number of carbonyl (C=O) groups excluding carboxylic acids is 1. The monoisotopic (exact) mass is 308 g/mol. The number of rotatable bonds is 4. The Morgan fingerprint density at radius 3 is 2.30 bits per heavy atom. The van der Waals surface area contributed by atoms with Gasteiger partial charge in [-0.2, -0.15) is 13.2 Å². The van der Waals surface area contributed by atoms with Crippen LogP contribution in [0.15, 0.2) is 18.2 Å². The fraction of sp³-hybridized carbons (Fsp3) is 0.417. The van der Waals surface area contributed by atoms with Crippen LogP contribution in [0.3, 0.4) is 0 Å². The van der Waals surface area contributed by atoms with E-state index in [0.29, 0.717) is 5.69 Å². The molecule has 2 N–H and O–H groups in total. The number of para-hydroxylation sites is 1. The zero-order valence-corrected chi connectivity index (χ0v) is 11.8. The Labute approximate surface area is 117 Å². The van der Waals surface area contributed by atoms with E-state index in [2.05, 4.69) is 10.6 Å². The molecular formula is C12H15F3N2O2S. The van der Waals surface area contributed by atoms with E-state index in [1.54, 1.807) is 26.0 Å². The molecule has 8 heteroatoms. The number of urea groups is 1. The molecule has 0 fully saturated rings. The lowest BCUT2D eigenvalue weighted by molar-refractivity contribution is -0.0383. The first-order chi connectivity index (χ1) is 9.21. The fourth-order valence-electron chi connectivity index (χ4n) is 1.54. The number of aryl methyl sites for hydroxylation is 2. The number of amides is 2. The Bertz CT molecular complexity index is 498. The van der Waals surface area contributed by atoms with Crippen molar-refractivity contribution < 1.29 is 22.2 Å². The molecule has 2 amide bonds. The van der Waals surface area contributed by atoms with Crippen LogP contribution in [-0.2, 0) is 10.8 Å². The van der Waals surface area contributed by atoms with E-state index >= 15 is 0 Å². The summed E-state index contributed by atoms with van der Waals surface area (Å²) < 4.78 is 46.7. The number of halogens is 3. The van der Waals surface area contributed by atoms with Gasteiger partial charge in [-0.05, 0) is 25.0 Å². The second-order valence-corrected chi connectivity index (χ2v) is 5.71. The summed E-state index contributed by atoms with van der Waals surface area (Å²) in [7, 11) is -2.95. The van der Waals surface area contributed by atoms with Gasteiger partial charge in [0.1, 0.15) is 10.8 Å². The summed E-state index contributed by atoms with van der Waals surface area (Å²) in [4.78, 5) is 11.5. The molecule has 1 aromatic carbocycles. The van der Waals surface area contributed by atoms with E-state index in [1.807, 2.05) is 6.07 Å². The first-order valence-corrected chi connectivity index (χ1v) is 7.10. The van der Waals surface area contributed by atoms with Crippen molar-refractivity contribution in [3.63, 3.8) is 0 Å². The molecule has 1 aromatic rings. The minimum atomic E-state index is -4.75. The van der Waals surface area contributed by atoms with Crippen LogP contribution in [0.4, 0.5) is 23.7 Å². The number of benzene rings is 1. The van der Waals surface area contributed by atoms with Gasteiger partial charge in [-0.3, -0.25) is 4.21 Å². The van der Waals surface area contributed by atoms with E-state index < -0.39 is 28.1 Å². The maximum atomic E-state index is 12.0. The Kier molecular flexibility index (Phi) is 5.55. The topological polar surface area (TPSA) is 58.2 Å². The van der Waals surface area contributed by atoms with E-state index in [0.717, 1.165) is 11.1 Å². The summed E-state index contributed by atoms with van der Waals surface area (Å²) in [5.74, 6) is -0.663. The Hall–Kier alpha value is -1.57. The van der Waals surface area contributed by atoms with Gasteiger partial charge in [-0.25, -0.2) is 4.79 Å². The van der Waals surface area contributed by atoms with Crippen LogP contribution in [0.25, 0.3) is 0 Å². The fourth-order valence-corrected chi connectivity index (χ4v) is 2.06. The van der Waals surface area contributed by atoms with Crippen LogP contribution < -0.4 is 10.6 Å². The zero-order valence-electron chi connectivity index (χ0n) is 11.0. The van der Waals surface area contributed by atoms with Crippen LogP contribution in [0.2, 0.25) is 0 Å². The predicted octanol–water partition coefficient (Wildman–Crippen LogP) is 2.69. The largest absolute Gasteiger partial charge is 0.471 e. The van der Waals surface area contributed by atoms with E-state index in [-0.39, 0.29) is 6.54 Å². The van der Waals surface area contributed by atoms with Gasteiger partial charge in [0, 0.05) is 18.0 Å². The number of anilines is 1. The molecule has 4 nitrogen and oxygen atoms in total. The second kappa shape index (κ2) is 6.74. The molecule has 112 valence electrons. The summed E-state index contributed by atoms with van der Waals surface area (Å²) in [6, 6.07) is 4.82. The van der Waals surface area contributed by atoms with Gasteiger partial charge in [0.15, 0.2) is 0 Å². The van der Waals surface area contributed by atoms with Gasteiger partial charge < -0.3 is 10.6 Å². The highest BCUT2D eigenvalue weighted by atomic mass is 32.2. The van der Waals surface area contributed by atoms with Gasteiger partial charge in [0.2, 0.25) is 0 Å². The van der Waals surface area contributed by atoms with Gasteiger partial charge >= 0.3 is 11.5 Å². The molecule has 0 spiro atoms. The van der Waals surface area contributed by atoms with Crippen molar-refractivity contribution in [2.45, 2.75) is 19.4 Å². The third-order valence-electron chi connectivity index (χ3n) is 2.55. The maximum absolute atomic E-state index is 12.0. The van der Waals surface area contributed by atoms with Crippen LogP contribution in [-0.4, -0.2) is 28.0 Å². The van der Waals surface area contributed by atoms with E-state index in [4.69, 9.17) is 0 Å². The molecule has 0 bridgehead atoms. The summed E-state index contributed by atoms with van der Waals surface area (Å²) in [6.07, 6.45) is 0. The molecule has 0 saturated heterocycles. The minimum Gasteiger partial charge on any atom is -0.337 e. The molecule has 0 aromatic heterocycles. The lowest BCUT2D eigenvalue weighted by atomic mass is 10.1. The maximum Gasteiger partial charge on any atom is 0.471 e. The van der Waals surface area contributed by atoms with Crippen LogP contribution in [0.5, 0.6) is 0 Å². The molecule has 0 aliphatic rings. The van der Waals surface area contributed by atoms with E-state index in [9.17, 15) is 22.2 Å². The summed E-state index contributed by atoms with van der Waals surface area (Å²) in [5.41, 5.74) is -2.44. The molecular weight excluding hydrogens is 293 g/mol. The minimum absolute atomic E-state index is 0.317. The van der Waals surface area contributed by atoms with Crippen LogP contribution in [0.1, 0.15) is 11.1 Å². The third-order valence-corrected chi connectivity index (χ3v) is 3.64. The van der Waals surface area contributed by atoms with Crippen molar-refractivity contribution >= 4 is 22.5 Å². The third kappa shape index (κ3) is 4.84. The second-order valence-electron chi connectivity index (χ2n) is 4.14. The summed E-state index contributed by atoms with van der Waals surface area (Å²) in [5, 5.41) is 4.81. The van der Waals surface area contributed by atoms with Gasteiger partial charge in [-0.1, -0.05) is 18.2 Å². The SMILES string of the molecule is Cc1cccc(C)c1NC(=O)NCCS(=O)C(F)(F)F. The van der Waals surface area contributed by atoms with Crippen molar-refractivity contribution in [1.82, 2.24) is 5.32 Å². The van der Waals surface area contributed by atoms with Gasteiger partial charge in [0.05, 0.1) is 0 Å². The number of alkyl halides is 3.